The van der Waals surface area contributed by atoms with Crippen molar-refractivity contribution in [3.05, 3.63) is 69.8 Å². The molecule has 0 saturated heterocycles. The number of benzene rings is 2. The normalized spacial score (nSPS) is 15.1. The summed E-state index contributed by atoms with van der Waals surface area (Å²) in [4.78, 5) is 0. The predicted molar refractivity (Wildman–Crippen MR) is 112 cm³/mol. The summed E-state index contributed by atoms with van der Waals surface area (Å²) in [5, 5.41) is 17.0. The van der Waals surface area contributed by atoms with E-state index in [0.29, 0.717) is 34.9 Å². The van der Waals surface area contributed by atoms with E-state index in [1.54, 1.807) is 24.3 Å². The number of rotatable bonds is 5. The topological polar surface area (TPSA) is 106 Å². The summed E-state index contributed by atoms with van der Waals surface area (Å²) in [5.74, 6) is -0.397. The molecule has 0 spiro atoms. The van der Waals surface area contributed by atoms with Gasteiger partial charge in [-0.15, -0.1) is 5.10 Å². The Morgan fingerprint density at radius 3 is 2.77 bits per heavy atom. The van der Waals surface area contributed by atoms with Crippen LogP contribution in [0.5, 0.6) is 17.4 Å². The summed E-state index contributed by atoms with van der Waals surface area (Å²) in [5.41, 5.74) is 7.76. The Kier molecular flexibility index (Phi) is 5.44. The molecule has 1 aromatic heterocycles. The fourth-order valence-electron chi connectivity index (χ4n) is 3.64. The molecule has 0 fully saturated rings. The van der Waals surface area contributed by atoms with Gasteiger partial charge in [0, 0.05) is 16.1 Å². The van der Waals surface area contributed by atoms with E-state index >= 15 is 0 Å². The highest BCUT2D eigenvalue weighted by Gasteiger charge is 2.38. The summed E-state index contributed by atoms with van der Waals surface area (Å²) in [6, 6.07) is 11.7. The zero-order valence-electron chi connectivity index (χ0n) is 16.7. The van der Waals surface area contributed by atoms with E-state index in [4.69, 9.17) is 31.5 Å². The third-order valence-corrected chi connectivity index (χ3v) is 5.31. The van der Waals surface area contributed by atoms with E-state index in [1.165, 1.54) is 19.2 Å². The Morgan fingerprint density at radius 1 is 1.29 bits per heavy atom. The van der Waals surface area contributed by atoms with Gasteiger partial charge >= 0.3 is 0 Å². The first-order valence-corrected chi connectivity index (χ1v) is 9.78. The number of allylic oxidation sites excluding steroid dienone is 1. The molecule has 7 nitrogen and oxygen atoms in total. The molecule has 3 N–H and O–H groups in total. The number of H-pyrrole nitrogens is 1. The fraction of sp³-hybridized carbons (Fsp3) is 0.182. The number of halogens is 2. The lowest BCUT2D eigenvalue weighted by Crippen LogP contribution is -2.21. The molecular weight excluding hydrogens is 423 g/mol. The van der Waals surface area contributed by atoms with Crippen LogP contribution in [-0.2, 0) is 0 Å². The Bertz CT molecular complexity index is 1210. The number of ether oxygens (including phenoxy) is 3. The van der Waals surface area contributed by atoms with E-state index in [1.807, 2.05) is 13.0 Å². The smallest absolute Gasteiger partial charge is 0.244 e. The molecule has 2 aromatic carbocycles. The zero-order chi connectivity index (χ0) is 22.1. The summed E-state index contributed by atoms with van der Waals surface area (Å²) in [6.45, 7) is 2.35. The minimum absolute atomic E-state index is 0.0417. The number of fused-ring (bicyclic) bond motifs is 1. The maximum atomic E-state index is 14.9. The molecule has 2 heterocycles. The van der Waals surface area contributed by atoms with Crippen LogP contribution in [0.25, 0.3) is 11.3 Å². The highest BCUT2D eigenvalue weighted by Crippen LogP contribution is 2.48. The van der Waals surface area contributed by atoms with Crippen LogP contribution < -0.4 is 19.9 Å². The number of aromatic amines is 1. The molecule has 31 heavy (non-hydrogen) atoms. The lowest BCUT2D eigenvalue weighted by atomic mass is 9.82. The van der Waals surface area contributed by atoms with E-state index in [2.05, 4.69) is 10.2 Å². The van der Waals surface area contributed by atoms with Gasteiger partial charge in [0.05, 0.1) is 30.9 Å². The van der Waals surface area contributed by atoms with Crippen LogP contribution in [0.15, 0.2) is 47.9 Å². The SMILES string of the molecule is CCOc1ccc(-c2[nH]nc3c2C(c2c(F)cccc2Cl)C(C#N)=C(N)O3)cc1OC. The maximum Gasteiger partial charge on any atom is 0.244 e. The molecule has 3 aromatic rings. The van der Waals surface area contributed by atoms with E-state index in [-0.39, 0.29) is 27.9 Å². The third-order valence-electron chi connectivity index (χ3n) is 4.98. The molecular formula is C22H18ClFN4O3. The molecule has 0 saturated carbocycles. The number of methoxy groups -OCH3 is 1. The lowest BCUT2D eigenvalue weighted by Gasteiger charge is -2.25. The second-order valence-electron chi connectivity index (χ2n) is 6.68. The molecule has 9 heteroatoms. The monoisotopic (exact) mass is 440 g/mol. The van der Waals surface area contributed by atoms with Crippen molar-refractivity contribution in [3.8, 4) is 34.7 Å². The van der Waals surface area contributed by atoms with E-state index < -0.39 is 11.7 Å². The predicted octanol–water partition coefficient (Wildman–Crippen LogP) is 4.49. The Hall–Kier alpha value is -3.70. The van der Waals surface area contributed by atoms with Gasteiger partial charge in [0.2, 0.25) is 11.8 Å². The maximum absolute atomic E-state index is 14.9. The van der Waals surface area contributed by atoms with Crippen molar-refractivity contribution in [1.29, 1.82) is 5.26 Å². The van der Waals surface area contributed by atoms with Crippen LogP contribution in [0.4, 0.5) is 4.39 Å². The van der Waals surface area contributed by atoms with Gasteiger partial charge in [-0.1, -0.05) is 17.7 Å². The van der Waals surface area contributed by atoms with Crippen molar-refractivity contribution in [2.24, 2.45) is 5.73 Å². The van der Waals surface area contributed by atoms with E-state index in [9.17, 15) is 9.65 Å². The van der Waals surface area contributed by atoms with Gasteiger partial charge in [0.15, 0.2) is 11.5 Å². The molecule has 1 atom stereocenters. The van der Waals surface area contributed by atoms with Gasteiger partial charge < -0.3 is 19.9 Å². The largest absolute Gasteiger partial charge is 0.493 e. The van der Waals surface area contributed by atoms with Crippen molar-refractivity contribution in [2.45, 2.75) is 12.8 Å². The van der Waals surface area contributed by atoms with Crippen molar-refractivity contribution < 1.29 is 18.6 Å². The first-order chi connectivity index (χ1) is 15.0. The zero-order valence-corrected chi connectivity index (χ0v) is 17.5. The lowest BCUT2D eigenvalue weighted by molar-refractivity contribution is 0.311. The number of nitrogens with zero attached hydrogens (tertiary/aromatic N) is 2. The number of hydrogen-bond acceptors (Lipinski definition) is 6. The average molecular weight is 441 g/mol. The number of nitrogens with two attached hydrogens (primary N) is 1. The molecule has 0 radical (unpaired) electrons. The number of aromatic nitrogens is 2. The standard InChI is InChI=1S/C22H18ClFN4O3/c1-3-30-15-8-7-11(9-16(15)29-2)20-19-17(18-13(23)5-4-6-14(18)24)12(10-25)21(26)31-22(19)28-27-20/h4-9,17H,3,26H2,1-2H3,(H,27,28). The molecule has 4 rings (SSSR count). The van der Waals surface area contributed by atoms with Crippen LogP contribution in [0.2, 0.25) is 5.02 Å². The highest BCUT2D eigenvalue weighted by atomic mass is 35.5. The molecule has 158 valence electrons. The molecule has 0 aliphatic carbocycles. The molecule has 1 aliphatic heterocycles. The van der Waals surface area contributed by atoms with Gasteiger partial charge in [-0.25, -0.2) is 4.39 Å². The third kappa shape index (κ3) is 3.43. The number of nitriles is 1. The average Bonchev–Trinajstić information content (AvgIpc) is 3.17. The summed E-state index contributed by atoms with van der Waals surface area (Å²) in [6.07, 6.45) is 0. The quantitative estimate of drug-likeness (QED) is 0.605. The minimum atomic E-state index is -0.909. The second kappa shape index (κ2) is 8.20. The Morgan fingerprint density at radius 2 is 2.10 bits per heavy atom. The van der Waals surface area contributed by atoms with Gasteiger partial charge in [-0.2, -0.15) is 5.26 Å². The van der Waals surface area contributed by atoms with Gasteiger partial charge in [-0.05, 0) is 37.3 Å². The van der Waals surface area contributed by atoms with Gasteiger partial charge in [-0.3, -0.25) is 5.10 Å². The molecule has 0 bridgehead atoms. The Balaban J connectivity index is 1.95. The van der Waals surface area contributed by atoms with Crippen molar-refractivity contribution >= 4 is 11.6 Å². The minimum Gasteiger partial charge on any atom is -0.493 e. The van der Waals surface area contributed by atoms with Gasteiger partial charge in [0.25, 0.3) is 0 Å². The molecule has 1 aliphatic rings. The Labute approximate surface area is 182 Å². The van der Waals surface area contributed by atoms with Crippen molar-refractivity contribution in [2.75, 3.05) is 13.7 Å². The molecule has 0 amide bonds. The number of hydrogen-bond donors (Lipinski definition) is 2. The summed E-state index contributed by atoms with van der Waals surface area (Å²) < 4.78 is 31.5. The number of nitrogens with one attached hydrogen (secondary N) is 1. The molecule has 1 unspecified atom stereocenters. The highest BCUT2D eigenvalue weighted by molar-refractivity contribution is 6.31. The van der Waals surface area contributed by atoms with E-state index in [0.717, 1.165) is 0 Å². The fourth-order valence-corrected chi connectivity index (χ4v) is 3.91. The van der Waals surface area contributed by atoms with Crippen molar-refractivity contribution in [3.63, 3.8) is 0 Å². The summed E-state index contributed by atoms with van der Waals surface area (Å²) >= 11 is 6.35. The summed E-state index contributed by atoms with van der Waals surface area (Å²) in [7, 11) is 1.53. The first kappa shape index (κ1) is 20.6. The van der Waals surface area contributed by atoms with Crippen LogP contribution in [0, 0.1) is 17.1 Å². The van der Waals surface area contributed by atoms with Crippen LogP contribution in [-0.4, -0.2) is 23.9 Å². The van der Waals surface area contributed by atoms with Crippen LogP contribution in [0.3, 0.4) is 0 Å². The second-order valence-corrected chi connectivity index (χ2v) is 7.08. The van der Waals surface area contributed by atoms with Crippen LogP contribution in [0.1, 0.15) is 24.0 Å². The van der Waals surface area contributed by atoms with Crippen LogP contribution >= 0.6 is 11.6 Å². The van der Waals surface area contributed by atoms with Crippen molar-refractivity contribution in [1.82, 2.24) is 10.2 Å². The van der Waals surface area contributed by atoms with Gasteiger partial charge in [0.1, 0.15) is 17.5 Å². The first-order valence-electron chi connectivity index (χ1n) is 9.41.